The van der Waals surface area contributed by atoms with E-state index in [-0.39, 0.29) is 0 Å². The summed E-state index contributed by atoms with van der Waals surface area (Å²) < 4.78 is 7.72. The van der Waals surface area contributed by atoms with Crippen LogP contribution in [-0.4, -0.2) is 34.2 Å². The van der Waals surface area contributed by atoms with Crippen LogP contribution in [0.25, 0.3) is 5.65 Å². The number of hydrogen-bond acceptors (Lipinski definition) is 4. The second kappa shape index (κ2) is 9.56. The Morgan fingerprint density at radius 3 is 2.85 bits per heavy atom. The van der Waals surface area contributed by atoms with E-state index in [2.05, 4.69) is 44.9 Å². The van der Waals surface area contributed by atoms with Crippen molar-refractivity contribution in [2.45, 2.75) is 32.9 Å². The van der Waals surface area contributed by atoms with Crippen LogP contribution >= 0.6 is 0 Å². The van der Waals surface area contributed by atoms with Crippen molar-refractivity contribution in [2.24, 2.45) is 4.99 Å². The van der Waals surface area contributed by atoms with Crippen LogP contribution < -0.4 is 15.4 Å². The first-order valence-electron chi connectivity index (χ1n) is 9.25. The maximum atomic E-state index is 5.77. The summed E-state index contributed by atoms with van der Waals surface area (Å²) in [6, 6.07) is 14.0. The molecule has 27 heavy (non-hydrogen) atoms. The van der Waals surface area contributed by atoms with E-state index < -0.39 is 0 Å². The van der Waals surface area contributed by atoms with E-state index in [0.29, 0.717) is 19.0 Å². The number of fused-ring (bicyclic) bond motifs is 1. The molecule has 0 aliphatic carbocycles. The molecule has 0 aliphatic rings. The van der Waals surface area contributed by atoms with Gasteiger partial charge in [-0.3, -0.25) is 9.39 Å². The highest BCUT2D eigenvalue weighted by Crippen LogP contribution is 2.13. The number of unbranched alkanes of at least 4 members (excludes halogenated alkanes) is 1. The van der Waals surface area contributed by atoms with Crippen LogP contribution in [0.4, 0.5) is 0 Å². The minimum atomic E-state index is 0.533. The van der Waals surface area contributed by atoms with E-state index in [1.165, 1.54) is 0 Å². The molecular weight excluding hydrogens is 340 g/mol. The van der Waals surface area contributed by atoms with Crippen molar-refractivity contribution in [3.63, 3.8) is 0 Å². The van der Waals surface area contributed by atoms with Crippen LogP contribution in [-0.2, 0) is 13.1 Å². The molecule has 7 nitrogen and oxygen atoms in total. The van der Waals surface area contributed by atoms with Crippen LogP contribution in [0.15, 0.2) is 53.7 Å². The highest BCUT2D eigenvalue weighted by atomic mass is 16.5. The maximum Gasteiger partial charge on any atom is 0.191 e. The second-order valence-electron chi connectivity index (χ2n) is 6.17. The SMILES string of the molecule is CCCCOc1cccc(CNC(=NC)NCc2nnc3ccccn23)c1. The van der Waals surface area contributed by atoms with Gasteiger partial charge in [-0.05, 0) is 36.2 Å². The van der Waals surface area contributed by atoms with Crippen molar-refractivity contribution in [3.8, 4) is 5.75 Å². The lowest BCUT2D eigenvalue weighted by atomic mass is 10.2. The Kier molecular flexibility index (Phi) is 6.62. The van der Waals surface area contributed by atoms with Gasteiger partial charge in [0.1, 0.15) is 5.75 Å². The first-order valence-corrected chi connectivity index (χ1v) is 9.25. The summed E-state index contributed by atoms with van der Waals surface area (Å²) in [6.45, 7) is 4.10. The highest BCUT2D eigenvalue weighted by Gasteiger charge is 2.06. The van der Waals surface area contributed by atoms with Crippen LogP contribution in [0.5, 0.6) is 5.75 Å². The molecule has 2 N–H and O–H groups in total. The van der Waals surface area contributed by atoms with Gasteiger partial charge in [0.05, 0.1) is 13.2 Å². The quantitative estimate of drug-likeness (QED) is 0.364. The predicted octanol–water partition coefficient (Wildman–Crippen LogP) is 2.77. The molecule has 1 aromatic carbocycles. The van der Waals surface area contributed by atoms with Gasteiger partial charge in [0.25, 0.3) is 0 Å². The molecule has 2 heterocycles. The zero-order valence-corrected chi connectivity index (χ0v) is 15.9. The van der Waals surface area contributed by atoms with Crippen LogP contribution in [0.3, 0.4) is 0 Å². The second-order valence-corrected chi connectivity index (χ2v) is 6.17. The lowest BCUT2D eigenvalue weighted by Crippen LogP contribution is -2.36. The number of ether oxygens (including phenoxy) is 1. The summed E-state index contributed by atoms with van der Waals surface area (Å²) >= 11 is 0. The van der Waals surface area contributed by atoms with Gasteiger partial charge < -0.3 is 15.4 Å². The van der Waals surface area contributed by atoms with Gasteiger partial charge in [0.2, 0.25) is 0 Å². The average molecular weight is 366 g/mol. The smallest absolute Gasteiger partial charge is 0.191 e. The minimum Gasteiger partial charge on any atom is -0.494 e. The molecule has 2 aromatic heterocycles. The number of aromatic nitrogens is 3. The van der Waals surface area contributed by atoms with Gasteiger partial charge in [-0.2, -0.15) is 0 Å². The Labute approximate surface area is 159 Å². The van der Waals surface area contributed by atoms with Crippen molar-refractivity contribution >= 4 is 11.6 Å². The molecule has 0 saturated heterocycles. The fourth-order valence-electron chi connectivity index (χ4n) is 2.66. The molecule has 0 spiro atoms. The zero-order valence-electron chi connectivity index (χ0n) is 15.9. The van der Waals surface area contributed by atoms with Gasteiger partial charge in [0, 0.05) is 19.8 Å². The van der Waals surface area contributed by atoms with Gasteiger partial charge in [-0.25, -0.2) is 0 Å². The average Bonchev–Trinajstić information content (AvgIpc) is 3.12. The number of guanidine groups is 1. The van der Waals surface area contributed by atoms with Crippen molar-refractivity contribution in [1.29, 1.82) is 0 Å². The summed E-state index contributed by atoms with van der Waals surface area (Å²) in [5, 5.41) is 15.0. The lowest BCUT2D eigenvalue weighted by molar-refractivity contribution is 0.309. The Morgan fingerprint density at radius 1 is 1.11 bits per heavy atom. The summed E-state index contributed by atoms with van der Waals surface area (Å²) in [7, 11) is 1.75. The third-order valence-electron chi connectivity index (χ3n) is 4.15. The van der Waals surface area contributed by atoms with E-state index in [1.807, 2.05) is 40.9 Å². The largest absolute Gasteiger partial charge is 0.494 e. The zero-order chi connectivity index (χ0) is 18.9. The Balaban J connectivity index is 1.53. The third kappa shape index (κ3) is 5.20. The van der Waals surface area contributed by atoms with Crippen LogP contribution in [0, 0.1) is 0 Å². The molecule has 0 amide bonds. The molecule has 0 unspecified atom stereocenters. The maximum absolute atomic E-state index is 5.77. The Morgan fingerprint density at radius 2 is 2.00 bits per heavy atom. The molecule has 0 radical (unpaired) electrons. The Hall–Kier alpha value is -3.09. The lowest BCUT2D eigenvalue weighted by Gasteiger charge is -2.12. The number of aliphatic imine (C=N–C) groups is 1. The van der Waals surface area contributed by atoms with Gasteiger partial charge in [-0.1, -0.05) is 31.5 Å². The van der Waals surface area contributed by atoms with Crippen molar-refractivity contribution < 1.29 is 4.74 Å². The predicted molar refractivity (Wildman–Crippen MR) is 107 cm³/mol. The van der Waals surface area contributed by atoms with Crippen molar-refractivity contribution in [1.82, 2.24) is 25.2 Å². The van der Waals surface area contributed by atoms with E-state index >= 15 is 0 Å². The van der Waals surface area contributed by atoms with E-state index in [4.69, 9.17) is 4.74 Å². The standard InChI is InChI=1S/C20H26N6O/c1-3-4-12-27-17-9-7-8-16(13-17)14-22-20(21-2)23-15-19-25-24-18-10-5-6-11-26(18)19/h5-11,13H,3-4,12,14-15H2,1-2H3,(H2,21,22,23). The van der Waals surface area contributed by atoms with Crippen molar-refractivity contribution in [2.75, 3.05) is 13.7 Å². The molecule has 0 saturated carbocycles. The summed E-state index contributed by atoms with van der Waals surface area (Å²) in [6.07, 6.45) is 4.15. The first-order chi connectivity index (χ1) is 13.3. The number of nitrogens with zero attached hydrogens (tertiary/aromatic N) is 4. The number of rotatable bonds is 8. The molecule has 3 aromatic rings. The fourth-order valence-corrected chi connectivity index (χ4v) is 2.66. The third-order valence-corrected chi connectivity index (χ3v) is 4.15. The summed E-state index contributed by atoms with van der Waals surface area (Å²) in [4.78, 5) is 4.27. The van der Waals surface area contributed by atoms with Crippen LogP contribution in [0.1, 0.15) is 31.2 Å². The summed E-state index contributed by atoms with van der Waals surface area (Å²) in [5.74, 6) is 2.44. The minimum absolute atomic E-state index is 0.533. The molecule has 0 fully saturated rings. The van der Waals surface area contributed by atoms with E-state index in [0.717, 1.165) is 42.2 Å². The molecule has 142 valence electrons. The molecule has 3 rings (SSSR count). The van der Waals surface area contributed by atoms with Gasteiger partial charge in [-0.15, -0.1) is 10.2 Å². The topological polar surface area (TPSA) is 75.8 Å². The molecule has 7 heteroatoms. The molecular formula is C20H26N6O. The number of pyridine rings is 1. The molecule has 0 bridgehead atoms. The number of benzene rings is 1. The van der Waals surface area contributed by atoms with Crippen LogP contribution in [0.2, 0.25) is 0 Å². The fraction of sp³-hybridized carbons (Fsp3) is 0.350. The van der Waals surface area contributed by atoms with Crippen molar-refractivity contribution in [3.05, 3.63) is 60.0 Å². The van der Waals surface area contributed by atoms with E-state index in [1.54, 1.807) is 7.05 Å². The van der Waals surface area contributed by atoms with Gasteiger partial charge in [0.15, 0.2) is 17.4 Å². The van der Waals surface area contributed by atoms with E-state index in [9.17, 15) is 0 Å². The summed E-state index contributed by atoms with van der Waals surface area (Å²) in [5.41, 5.74) is 1.97. The van der Waals surface area contributed by atoms with Gasteiger partial charge >= 0.3 is 0 Å². The monoisotopic (exact) mass is 366 g/mol. The first kappa shape index (κ1) is 18.7. The molecule has 0 aliphatic heterocycles. The Bertz CT molecular complexity index is 889. The number of nitrogens with one attached hydrogen (secondary N) is 2. The normalized spacial score (nSPS) is 11.6. The molecule has 0 atom stereocenters. The number of hydrogen-bond donors (Lipinski definition) is 2. The highest BCUT2D eigenvalue weighted by molar-refractivity contribution is 5.79.